The summed E-state index contributed by atoms with van der Waals surface area (Å²) in [6, 6.07) is 6.56. The Labute approximate surface area is 133 Å². The van der Waals surface area contributed by atoms with E-state index in [1.54, 1.807) is 18.2 Å². The number of nitrogens with two attached hydrogens (primary N) is 1. The lowest BCUT2D eigenvalue weighted by Gasteiger charge is -2.20. The minimum absolute atomic E-state index is 0.0288. The van der Waals surface area contributed by atoms with Crippen LogP contribution >= 0.6 is 11.6 Å². The van der Waals surface area contributed by atoms with Crippen LogP contribution in [0.1, 0.15) is 0 Å². The number of nitrogens with one attached hydrogen (secondary N) is 1. The van der Waals surface area contributed by atoms with Crippen LogP contribution in [0.15, 0.2) is 30.0 Å². The maximum absolute atomic E-state index is 12.1. The van der Waals surface area contributed by atoms with E-state index < -0.39 is 5.91 Å². The maximum atomic E-state index is 12.1. The first-order valence-electron chi connectivity index (χ1n) is 6.46. The van der Waals surface area contributed by atoms with E-state index in [1.165, 1.54) is 17.2 Å². The number of nitriles is 1. The van der Waals surface area contributed by atoms with Crippen LogP contribution in [0.25, 0.3) is 0 Å². The van der Waals surface area contributed by atoms with Crippen molar-refractivity contribution in [3.8, 4) is 6.07 Å². The molecular weight excluding hydrogens is 308 g/mol. The number of carbonyl (C=O) groups is 1. The van der Waals surface area contributed by atoms with Gasteiger partial charge >= 0.3 is 0 Å². The largest absolute Gasteiger partial charge is 0.399 e. The van der Waals surface area contributed by atoms with Gasteiger partial charge in [0.1, 0.15) is 11.6 Å². The average molecular weight is 325 g/mol. The van der Waals surface area contributed by atoms with Crippen LogP contribution in [0.2, 0.25) is 5.02 Å². The van der Waals surface area contributed by atoms with Crippen molar-refractivity contribution in [2.24, 2.45) is 0 Å². The van der Waals surface area contributed by atoms with Crippen LogP contribution in [0.4, 0.5) is 11.4 Å². The van der Waals surface area contributed by atoms with Gasteiger partial charge in [0, 0.05) is 25.0 Å². The topological polar surface area (TPSA) is 123 Å². The van der Waals surface area contributed by atoms with Crippen LogP contribution in [-0.2, 0) is 4.79 Å². The third-order valence-corrected chi connectivity index (χ3v) is 3.06. The average Bonchev–Trinajstić information content (AvgIpc) is 2.49. The molecule has 0 bridgehead atoms. The quantitative estimate of drug-likeness (QED) is 0.330. The van der Waals surface area contributed by atoms with E-state index in [-0.39, 0.29) is 31.9 Å². The fourth-order valence-corrected chi connectivity index (χ4v) is 1.91. The van der Waals surface area contributed by atoms with Gasteiger partial charge in [-0.25, -0.2) is 0 Å². The van der Waals surface area contributed by atoms with Gasteiger partial charge in [-0.15, -0.1) is 0 Å². The van der Waals surface area contributed by atoms with Crippen LogP contribution in [0.3, 0.4) is 0 Å². The molecule has 1 amide bonds. The van der Waals surface area contributed by atoms with Crippen molar-refractivity contribution in [3.63, 3.8) is 0 Å². The second kappa shape index (κ2) is 8.89. The number of nitrogen functional groups attached to an aromatic ring is 1. The van der Waals surface area contributed by atoms with Crippen LogP contribution < -0.4 is 11.1 Å². The summed E-state index contributed by atoms with van der Waals surface area (Å²) in [4.78, 5) is 13.3. The smallest absolute Gasteiger partial charge is 0.266 e. The number of hydrogen-bond acceptors (Lipinski definition) is 6. The molecule has 5 N–H and O–H groups in total. The number of hydrogen-bond donors (Lipinski definition) is 4. The molecule has 0 aliphatic carbocycles. The first kappa shape index (κ1) is 17.8. The Morgan fingerprint density at radius 1 is 1.41 bits per heavy atom. The predicted octanol–water partition coefficient (Wildman–Crippen LogP) is 0.555. The summed E-state index contributed by atoms with van der Waals surface area (Å²) in [7, 11) is 0. The Kier molecular flexibility index (Phi) is 7.19. The van der Waals surface area contributed by atoms with Crippen molar-refractivity contribution in [1.82, 2.24) is 4.90 Å². The molecule has 22 heavy (non-hydrogen) atoms. The summed E-state index contributed by atoms with van der Waals surface area (Å²) in [5, 5.41) is 30.0. The van der Waals surface area contributed by atoms with Gasteiger partial charge < -0.3 is 26.2 Å². The van der Waals surface area contributed by atoms with E-state index >= 15 is 0 Å². The van der Waals surface area contributed by atoms with Crippen molar-refractivity contribution in [2.45, 2.75) is 0 Å². The van der Waals surface area contributed by atoms with E-state index in [0.29, 0.717) is 16.4 Å². The summed E-state index contributed by atoms with van der Waals surface area (Å²) in [6.07, 6.45) is 1.22. The van der Waals surface area contributed by atoms with Crippen LogP contribution in [0.5, 0.6) is 0 Å². The zero-order valence-corrected chi connectivity index (χ0v) is 12.5. The summed E-state index contributed by atoms with van der Waals surface area (Å²) in [5.41, 5.74) is 6.39. The van der Waals surface area contributed by atoms with E-state index in [2.05, 4.69) is 5.32 Å². The fraction of sp³-hybridized carbons (Fsp3) is 0.286. The monoisotopic (exact) mass is 324 g/mol. The zero-order chi connectivity index (χ0) is 16.5. The first-order valence-corrected chi connectivity index (χ1v) is 6.84. The van der Waals surface area contributed by atoms with Gasteiger partial charge in [0.25, 0.3) is 5.91 Å². The maximum Gasteiger partial charge on any atom is 0.266 e. The first-order chi connectivity index (χ1) is 10.5. The molecule has 7 nitrogen and oxygen atoms in total. The summed E-state index contributed by atoms with van der Waals surface area (Å²) >= 11 is 5.98. The number of benzene rings is 1. The highest BCUT2D eigenvalue weighted by molar-refractivity contribution is 6.33. The van der Waals surface area contributed by atoms with Crippen LogP contribution in [-0.4, -0.2) is 47.3 Å². The van der Waals surface area contributed by atoms with Gasteiger partial charge in [0.2, 0.25) is 0 Å². The van der Waals surface area contributed by atoms with Crippen molar-refractivity contribution in [1.29, 1.82) is 5.26 Å². The Hall–Kier alpha value is -2.27. The number of nitrogens with zero attached hydrogens (tertiary/aromatic N) is 2. The molecule has 0 saturated carbocycles. The summed E-state index contributed by atoms with van der Waals surface area (Å²) in [5.74, 6) is -0.593. The molecule has 1 aromatic carbocycles. The lowest BCUT2D eigenvalue weighted by Crippen LogP contribution is -2.36. The van der Waals surface area contributed by atoms with E-state index in [0.717, 1.165) is 0 Å². The van der Waals surface area contributed by atoms with Gasteiger partial charge in [-0.2, -0.15) is 5.26 Å². The summed E-state index contributed by atoms with van der Waals surface area (Å²) < 4.78 is 0. The highest BCUT2D eigenvalue weighted by Crippen LogP contribution is 2.24. The number of rotatable bonds is 7. The molecule has 0 heterocycles. The normalized spacial score (nSPS) is 10.9. The van der Waals surface area contributed by atoms with Gasteiger partial charge in [-0.3, -0.25) is 4.79 Å². The minimum Gasteiger partial charge on any atom is -0.399 e. The highest BCUT2D eigenvalue weighted by Gasteiger charge is 2.17. The minimum atomic E-state index is -0.593. The molecule has 118 valence electrons. The highest BCUT2D eigenvalue weighted by atomic mass is 35.5. The van der Waals surface area contributed by atoms with E-state index in [9.17, 15) is 4.79 Å². The summed E-state index contributed by atoms with van der Waals surface area (Å²) in [6.45, 7) is -0.467. The van der Waals surface area contributed by atoms with Crippen molar-refractivity contribution >= 4 is 28.9 Å². The fourth-order valence-electron chi connectivity index (χ4n) is 1.67. The third kappa shape index (κ3) is 4.93. The molecule has 0 aliphatic rings. The molecule has 8 heteroatoms. The van der Waals surface area contributed by atoms with Gasteiger partial charge in [0.05, 0.1) is 23.9 Å². The lowest BCUT2D eigenvalue weighted by atomic mass is 10.2. The third-order valence-electron chi connectivity index (χ3n) is 2.74. The Balaban J connectivity index is 2.89. The van der Waals surface area contributed by atoms with Crippen molar-refractivity contribution in [3.05, 3.63) is 35.0 Å². The van der Waals surface area contributed by atoms with Crippen molar-refractivity contribution < 1.29 is 15.0 Å². The SMILES string of the molecule is N#C/C(=C/Nc1ccc(N)cc1Cl)C(=O)N(CCO)CCO. The number of amides is 1. The molecule has 0 atom stereocenters. The van der Waals surface area contributed by atoms with Gasteiger partial charge in [-0.1, -0.05) is 11.6 Å². The zero-order valence-electron chi connectivity index (χ0n) is 11.8. The molecule has 0 aliphatic heterocycles. The number of aliphatic hydroxyl groups excluding tert-OH is 2. The molecule has 0 aromatic heterocycles. The molecule has 0 radical (unpaired) electrons. The molecule has 1 rings (SSSR count). The van der Waals surface area contributed by atoms with E-state index in [4.69, 9.17) is 32.8 Å². The standard InChI is InChI=1S/C14H17ClN4O3/c15-12-7-11(17)1-2-13(12)18-9-10(8-16)14(22)19(3-5-20)4-6-21/h1-2,7,9,18,20-21H,3-6,17H2/b10-9-. The predicted molar refractivity (Wildman–Crippen MR) is 83.9 cm³/mol. The molecule has 1 aromatic rings. The van der Waals surface area contributed by atoms with Gasteiger partial charge in [-0.05, 0) is 18.2 Å². The molecule has 0 spiro atoms. The second-order valence-electron chi connectivity index (χ2n) is 4.29. The molecule has 0 fully saturated rings. The van der Waals surface area contributed by atoms with E-state index in [1.807, 2.05) is 0 Å². The van der Waals surface area contributed by atoms with Gasteiger partial charge in [0.15, 0.2) is 0 Å². The Morgan fingerprint density at radius 3 is 2.55 bits per heavy atom. The molecule has 0 unspecified atom stereocenters. The number of anilines is 2. The number of halogens is 1. The van der Waals surface area contributed by atoms with Crippen molar-refractivity contribution in [2.75, 3.05) is 37.4 Å². The van der Waals surface area contributed by atoms with Crippen LogP contribution in [0, 0.1) is 11.3 Å². The number of carbonyl (C=O) groups excluding carboxylic acids is 1. The second-order valence-corrected chi connectivity index (χ2v) is 4.70. The molecular formula is C14H17ClN4O3. The lowest BCUT2D eigenvalue weighted by molar-refractivity contribution is -0.127. The number of aliphatic hydroxyl groups is 2. The Bertz CT molecular complexity index is 592. The Morgan fingerprint density at radius 2 is 2.05 bits per heavy atom. The molecule has 0 saturated heterocycles.